The molecule has 0 bridgehead atoms. The quantitative estimate of drug-likeness (QED) is 0.744. The van der Waals surface area contributed by atoms with Gasteiger partial charge >= 0.3 is 0 Å². The Balaban J connectivity index is 1.83. The number of thioether (sulfide) groups is 1. The maximum atomic E-state index is 12.6. The fraction of sp³-hybridized carbons (Fsp3) is 0.227. The maximum Gasteiger partial charge on any atom is 0.283 e. The summed E-state index contributed by atoms with van der Waals surface area (Å²) >= 11 is 1.38. The van der Waals surface area contributed by atoms with E-state index in [1.165, 1.54) is 28.6 Å². The number of amides is 1. The Morgan fingerprint density at radius 1 is 1.11 bits per heavy atom. The number of hydrogen-bond acceptors (Lipinski definition) is 3. The summed E-state index contributed by atoms with van der Waals surface area (Å²) in [6.07, 6.45) is 1.80. The van der Waals surface area contributed by atoms with E-state index in [4.69, 9.17) is 5.41 Å². The highest BCUT2D eigenvalue weighted by Crippen LogP contribution is 2.33. The van der Waals surface area contributed by atoms with Gasteiger partial charge in [-0.05, 0) is 68.9 Å². The van der Waals surface area contributed by atoms with Crippen LogP contribution in [-0.2, 0) is 4.79 Å². The zero-order chi connectivity index (χ0) is 20.2. The zero-order valence-corrected chi connectivity index (χ0v) is 17.4. The van der Waals surface area contributed by atoms with E-state index in [0.29, 0.717) is 10.7 Å². The van der Waals surface area contributed by atoms with Crippen LogP contribution in [-0.4, -0.2) is 26.4 Å². The lowest BCUT2D eigenvalue weighted by Crippen LogP contribution is -2.37. The number of nitrogens with zero attached hydrogens (tertiary/aromatic N) is 3. The van der Waals surface area contributed by atoms with Crippen molar-refractivity contribution >= 4 is 34.7 Å². The Morgan fingerprint density at radius 2 is 1.79 bits per heavy atom. The molecule has 4 rings (SSSR count). The fourth-order valence-corrected chi connectivity index (χ4v) is 4.69. The SMILES string of the molecule is CC1=CSC2=NC(=O)C(=Cc3cc(C)n(-c4c(C)cccc4C)c3C)C(=N)N12. The predicted molar refractivity (Wildman–Crippen MR) is 116 cm³/mol. The molecule has 1 aromatic heterocycles. The number of aliphatic imine (C=N–C) groups is 1. The summed E-state index contributed by atoms with van der Waals surface area (Å²) in [6.45, 7) is 10.2. The average Bonchev–Trinajstić information content (AvgIpc) is 3.12. The molecule has 28 heavy (non-hydrogen) atoms. The lowest BCUT2D eigenvalue weighted by Gasteiger charge is -2.25. The number of amidine groups is 2. The first-order valence-electron chi connectivity index (χ1n) is 9.12. The van der Waals surface area contributed by atoms with Crippen LogP contribution in [0.2, 0.25) is 0 Å². The van der Waals surface area contributed by atoms with Crippen molar-refractivity contribution in [1.29, 1.82) is 5.41 Å². The molecule has 2 aliphatic heterocycles. The molecule has 0 spiro atoms. The van der Waals surface area contributed by atoms with E-state index in [1.807, 2.05) is 19.3 Å². The van der Waals surface area contributed by atoms with Gasteiger partial charge in [0.05, 0.1) is 11.3 Å². The van der Waals surface area contributed by atoms with Crippen molar-refractivity contribution < 1.29 is 4.79 Å². The van der Waals surface area contributed by atoms with E-state index in [9.17, 15) is 4.79 Å². The van der Waals surface area contributed by atoms with Crippen LogP contribution in [0, 0.1) is 33.1 Å². The van der Waals surface area contributed by atoms with Crippen LogP contribution in [0.4, 0.5) is 0 Å². The van der Waals surface area contributed by atoms with Gasteiger partial charge in [0.25, 0.3) is 5.91 Å². The Morgan fingerprint density at radius 3 is 2.46 bits per heavy atom. The number of carbonyl (C=O) groups is 1. The van der Waals surface area contributed by atoms with E-state index in [2.05, 4.69) is 54.6 Å². The monoisotopic (exact) mass is 390 g/mol. The van der Waals surface area contributed by atoms with Gasteiger partial charge in [0.1, 0.15) is 5.84 Å². The molecule has 0 aliphatic carbocycles. The number of allylic oxidation sites excluding steroid dienone is 1. The Kier molecular flexibility index (Phi) is 4.38. The van der Waals surface area contributed by atoms with Gasteiger partial charge in [-0.3, -0.25) is 15.1 Å². The summed E-state index contributed by atoms with van der Waals surface area (Å²) in [6, 6.07) is 8.34. The molecular weight excluding hydrogens is 368 g/mol. The standard InChI is InChI=1S/C22H22N4OS/c1-12-7-6-8-13(2)19(12)25-14(3)9-17(16(25)5)10-18-20(23)26-15(4)11-28-22(26)24-21(18)27/h6-11,23H,1-5H3. The number of rotatable bonds is 2. The number of aryl methyl sites for hydroxylation is 3. The van der Waals surface area contributed by atoms with Crippen LogP contribution in [0.1, 0.15) is 35.0 Å². The van der Waals surface area contributed by atoms with Crippen molar-refractivity contribution in [3.63, 3.8) is 0 Å². The number of fused-ring (bicyclic) bond motifs is 1. The molecule has 6 heteroatoms. The minimum atomic E-state index is -0.358. The normalized spacial score (nSPS) is 17.9. The van der Waals surface area contributed by atoms with Crippen LogP contribution in [0.25, 0.3) is 11.8 Å². The van der Waals surface area contributed by atoms with Crippen LogP contribution in [0.3, 0.4) is 0 Å². The highest BCUT2D eigenvalue weighted by atomic mass is 32.2. The Bertz CT molecular complexity index is 1110. The molecular formula is C22H22N4OS. The van der Waals surface area contributed by atoms with Crippen molar-refractivity contribution in [2.45, 2.75) is 34.6 Å². The molecule has 0 radical (unpaired) electrons. The summed E-state index contributed by atoms with van der Waals surface area (Å²) < 4.78 is 2.22. The van der Waals surface area contributed by atoms with Gasteiger partial charge in [-0.25, -0.2) is 0 Å². The molecule has 0 saturated carbocycles. The van der Waals surface area contributed by atoms with Crippen LogP contribution >= 0.6 is 11.8 Å². The molecule has 0 atom stereocenters. The lowest BCUT2D eigenvalue weighted by atomic mass is 10.1. The molecule has 3 heterocycles. The number of aromatic nitrogens is 1. The highest BCUT2D eigenvalue weighted by Gasteiger charge is 2.34. The second-order valence-electron chi connectivity index (χ2n) is 7.22. The molecule has 1 amide bonds. The molecule has 2 aromatic rings. The number of benzene rings is 1. The average molecular weight is 391 g/mol. The van der Waals surface area contributed by atoms with Gasteiger partial charge in [0.15, 0.2) is 5.17 Å². The summed E-state index contributed by atoms with van der Waals surface area (Å²) in [5.74, 6) is -0.172. The Labute approximate surface area is 169 Å². The van der Waals surface area contributed by atoms with E-state index in [-0.39, 0.29) is 11.7 Å². The first-order chi connectivity index (χ1) is 13.3. The molecule has 2 aliphatic rings. The predicted octanol–water partition coefficient (Wildman–Crippen LogP) is 4.88. The zero-order valence-electron chi connectivity index (χ0n) is 16.6. The van der Waals surface area contributed by atoms with Crippen molar-refractivity contribution in [3.8, 4) is 5.69 Å². The molecule has 1 aromatic carbocycles. The number of para-hydroxylation sites is 1. The molecule has 142 valence electrons. The van der Waals surface area contributed by atoms with Crippen molar-refractivity contribution in [1.82, 2.24) is 9.47 Å². The minimum absolute atomic E-state index is 0.186. The van der Waals surface area contributed by atoms with Crippen molar-refractivity contribution in [3.05, 3.63) is 69.0 Å². The van der Waals surface area contributed by atoms with Gasteiger partial charge in [0, 0.05) is 17.1 Å². The molecule has 5 nitrogen and oxygen atoms in total. The topological polar surface area (TPSA) is 61.5 Å². The summed E-state index contributed by atoms with van der Waals surface area (Å²) in [5.41, 5.74) is 7.86. The first-order valence-corrected chi connectivity index (χ1v) is 10.00. The van der Waals surface area contributed by atoms with Crippen LogP contribution < -0.4 is 0 Å². The summed E-state index contributed by atoms with van der Waals surface area (Å²) in [4.78, 5) is 18.5. The van der Waals surface area contributed by atoms with Gasteiger partial charge in [0.2, 0.25) is 0 Å². The van der Waals surface area contributed by atoms with Crippen LogP contribution in [0.15, 0.2) is 45.9 Å². The van der Waals surface area contributed by atoms with Crippen LogP contribution in [0.5, 0.6) is 0 Å². The summed E-state index contributed by atoms with van der Waals surface area (Å²) in [7, 11) is 0. The van der Waals surface area contributed by atoms with Gasteiger partial charge in [-0.2, -0.15) is 4.99 Å². The Hall–Kier alpha value is -2.86. The number of hydrogen-bond donors (Lipinski definition) is 1. The second kappa shape index (κ2) is 6.63. The van der Waals surface area contributed by atoms with Crippen molar-refractivity contribution in [2.75, 3.05) is 0 Å². The van der Waals surface area contributed by atoms with E-state index in [0.717, 1.165) is 22.6 Å². The van der Waals surface area contributed by atoms with E-state index >= 15 is 0 Å². The third-order valence-corrected chi connectivity index (χ3v) is 6.16. The van der Waals surface area contributed by atoms with E-state index < -0.39 is 0 Å². The number of carbonyl (C=O) groups excluding carboxylic acids is 1. The summed E-state index contributed by atoms with van der Waals surface area (Å²) in [5, 5.41) is 11.0. The third kappa shape index (κ3) is 2.76. The fourth-order valence-electron chi connectivity index (χ4n) is 3.83. The smallest absolute Gasteiger partial charge is 0.283 e. The largest absolute Gasteiger partial charge is 0.317 e. The second-order valence-corrected chi connectivity index (χ2v) is 8.06. The molecule has 0 saturated heterocycles. The van der Waals surface area contributed by atoms with Gasteiger partial charge < -0.3 is 4.57 Å². The van der Waals surface area contributed by atoms with Gasteiger partial charge in [-0.1, -0.05) is 30.0 Å². The molecule has 1 N–H and O–H groups in total. The minimum Gasteiger partial charge on any atom is -0.317 e. The van der Waals surface area contributed by atoms with Crippen molar-refractivity contribution in [2.24, 2.45) is 4.99 Å². The van der Waals surface area contributed by atoms with E-state index in [1.54, 1.807) is 11.0 Å². The lowest BCUT2D eigenvalue weighted by molar-refractivity contribution is -0.114. The molecule has 0 unspecified atom stereocenters. The first kappa shape index (κ1) is 18.5. The highest BCUT2D eigenvalue weighted by molar-refractivity contribution is 8.16. The van der Waals surface area contributed by atoms with Gasteiger partial charge in [-0.15, -0.1) is 0 Å². The third-order valence-electron chi connectivity index (χ3n) is 5.22. The molecule has 0 fully saturated rings. The maximum absolute atomic E-state index is 12.6. The number of nitrogens with one attached hydrogen (secondary N) is 1.